The Balaban J connectivity index is 0.000000479. The Bertz CT molecular complexity index is 1570. The third kappa shape index (κ3) is 13.1. The van der Waals surface area contributed by atoms with Crippen LogP contribution >= 0.6 is 0 Å². The number of halogens is 7. The van der Waals surface area contributed by atoms with E-state index in [2.05, 4.69) is 28.5 Å². The zero-order valence-corrected chi connectivity index (χ0v) is 25.6. The van der Waals surface area contributed by atoms with Gasteiger partial charge in [-0.15, -0.1) is 0 Å². The standard InChI is InChI=1S/C28H30FN3O2.2C2HF3O2/c1-19-17-32(12-11-30-19)18-22-5-3-7-24(13-22)26-14-21(9-10-27(26)29)16-31-28(34)25-8-4-6-23(15-25)20(2)33;2*3-2(4,5)1(6)7/h3-10,13-15,19,30H,11-12,16-18H2,1-2H3,(H,31,34);2*(H,6,7)/t19-;;/m0../s1. The number of alkyl halides is 6. The number of carbonyl (C=O) groups excluding carboxylic acids is 2. The minimum Gasteiger partial charge on any atom is -0.475 e. The molecule has 4 N–H and O–H groups in total. The van der Waals surface area contributed by atoms with E-state index in [-0.39, 0.29) is 24.1 Å². The molecule has 3 aromatic carbocycles. The Labute approximate surface area is 270 Å². The van der Waals surface area contributed by atoms with E-state index in [0.717, 1.165) is 42.9 Å². The molecule has 3 aromatic rings. The fraction of sp³-hybridized carbons (Fsp3) is 0.312. The highest BCUT2D eigenvalue weighted by molar-refractivity contribution is 5.99. The number of nitrogens with one attached hydrogen (secondary N) is 2. The summed E-state index contributed by atoms with van der Waals surface area (Å²) in [4.78, 5) is 44.3. The van der Waals surface area contributed by atoms with Crippen molar-refractivity contribution in [2.75, 3.05) is 19.6 Å². The summed E-state index contributed by atoms with van der Waals surface area (Å²) in [5, 5.41) is 20.6. The van der Waals surface area contributed by atoms with E-state index >= 15 is 0 Å². The largest absolute Gasteiger partial charge is 0.490 e. The second-order valence-electron chi connectivity index (χ2n) is 10.5. The lowest BCUT2D eigenvalue weighted by Gasteiger charge is -2.31. The van der Waals surface area contributed by atoms with Gasteiger partial charge in [-0.3, -0.25) is 14.5 Å². The predicted molar refractivity (Wildman–Crippen MR) is 160 cm³/mol. The van der Waals surface area contributed by atoms with Crippen molar-refractivity contribution in [2.45, 2.75) is 45.3 Å². The fourth-order valence-corrected chi connectivity index (χ4v) is 4.32. The van der Waals surface area contributed by atoms with Gasteiger partial charge in [0.1, 0.15) is 5.82 Å². The van der Waals surface area contributed by atoms with Gasteiger partial charge < -0.3 is 20.8 Å². The molecule has 1 atom stereocenters. The third-order valence-electron chi connectivity index (χ3n) is 6.60. The van der Waals surface area contributed by atoms with Crippen molar-refractivity contribution in [1.29, 1.82) is 0 Å². The molecule has 0 unspecified atom stereocenters. The van der Waals surface area contributed by atoms with Crippen LogP contribution in [0.15, 0.2) is 66.7 Å². The summed E-state index contributed by atoms with van der Waals surface area (Å²) >= 11 is 0. The molecule has 1 saturated heterocycles. The summed E-state index contributed by atoms with van der Waals surface area (Å²) in [6, 6.07) is 20.0. The minimum atomic E-state index is -5.08. The molecule has 260 valence electrons. The van der Waals surface area contributed by atoms with Crippen molar-refractivity contribution in [3.63, 3.8) is 0 Å². The summed E-state index contributed by atoms with van der Waals surface area (Å²) in [6.45, 7) is 7.70. The summed E-state index contributed by atoms with van der Waals surface area (Å²) in [7, 11) is 0. The number of piperazine rings is 1. The fourth-order valence-electron chi connectivity index (χ4n) is 4.32. The molecule has 0 spiro atoms. The minimum absolute atomic E-state index is 0.0912. The Morgan fingerprint density at radius 3 is 2.00 bits per heavy atom. The van der Waals surface area contributed by atoms with E-state index in [1.54, 1.807) is 36.4 Å². The maximum absolute atomic E-state index is 14.7. The summed E-state index contributed by atoms with van der Waals surface area (Å²) in [5.74, 6) is -6.18. The monoisotopic (exact) mass is 687 g/mol. The molecule has 1 heterocycles. The molecule has 1 amide bonds. The highest BCUT2D eigenvalue weighted by Crippen LogP contribution is 2.26. The average Bonchev–Trinajstić information content (AvgIpc) is 3.00. The van der Waals surface area contributed by atoms with Crippen LogP contribution in [-0.4, -0.2) is 76.8 Å². The van der Waals surface area contributed by atoms with Crippen molar-refractivity contribution in [3.05, 3.63) is 94.8 Å². The number of Topliss-reactive ketones (excluding diaryl/α,β-unsaturated/α-hetero) is 1. The molecule has 0 radical (unpaired) electrons. The van der Waals surface area contributed by atoms with Gasteiger partial charge in [-0.1, -0.05) is 36.4 Å². The second kappa shape index (κ2) is 17.4. The highest BCUT2D eigenvalue weighted by atomic mass is 19.4. The van der Waals surface area contributed by atoms with Crippen LogP contribution < -0.4 is 10.6 Å². The van der Waals surface area contributed by atoms with Crippen LogP contribution in [0, 0.1) is 5.82 Å². The van der Waals surface area contributed by atoms with Crippen molar-refractivity contribution >= 4 is 23.6 Å². The van der Waals surface area contributed by atoms with Crippen LogP contribution in [0.2, 0.25) is 0 Å². The van der Waals surface area contributed by atoms with E-state index < -0.39 is 24.3 Å². The van der Waals surface area contributed by atoms with E-state index in [9.17, 15) is 40.3 Å². The van der Waals surface area contributed by atoms with Gasteiger partial charge in [-0.25, -0.2) is 14.0 Å². The first-order valence-electron chi connectivity index (χ1n) is 14.1. The number of hydrogen-bond donors (Lipinski definition) is 4. The highest BCUT2D eigenvalue weighted by Gasteiger charge is 2.38. The van der Waals surface area contributed by atoms with E-state index in [1.807, 2.05) is 18.2 Å². The second-order valence-corrected chi connectivity index (χ2v) is 10.5. The normalized spacial score (nSPS) is 14.8. The van der Waals surface area contributed by atoms with Gasteiger partial charge in [-0.2, -0.15) is 26.3 Å². The van der Waals surface area contributed by atoms with E-state index in [1.165, 1.54) is 13.0 Å². The molecule has 9 nitrogen and oxygen atoms in total. The van der Waals surface area contributed by atoms with E-state index in [4.69, 9.17) is 19.8 Å². The topological polar surface area (TPSA) is 136 Å². The van der Waals surface area contributed by atoms with Gasteiger partial charge in [0.25, 0.3) is 5.91 Å². The molecule has 0 aliphatic carbocycles. The molecule has 16 heteroatoms. The third-order valence-corrected chi connectivity index (χ3v) is 6.60. The van der Waals surface area contributed by atoms with Crippen LogP contribution in [0.4, 0.5) is 30.7 Å². The maximum atomic E-state index is 14.7. The molecule has 1 aliphatic rings. The number of carboxylic acid groups (broad SMARTS) is 2. The number of nitrogens with zero attached hydrogens (tertiary/aromatic N) is 1. The van der Waals surface area contributed by atoms with Crippen molar-refractivity contribution < 1.29 is 60.1 Å². The smallest absolute Gasteiger partial charge is 0.475 e. The molecular formula is C32H32F7N3O6. The number of rotatable bonds is 7. The molecular weight excluding hydrogens is 655 g/mol. The number of carbonyl (C=O) groups is 4. The summed E-state index contributed by atoms with van der Waals surface area (Å²) in [6.07, 6.45) is -10.2. The summed E-state index contributed by atoms with van der Waals surface area (Å²) < 4.78 is 78.2. The average molecular weight is 688 g/mol. The molecule has 0 aromatic heterocycles. The van der Waals surface area contributed by atoms with Gasteiger partial charge in [0.05, 0.1) is 0 Å². The van der Waals surface area contributed by atoms with E-state index in [0.29, 0.717) is 22.7 Å². The van der Waals surface area contributed by atoms with Crippen LogP contribution in [-0.2, 0) is 22.7 Å². The number of ketones is 1. The van der Waals surface area contributed by atoms with Gasteiger partial charge in [0.2, 0.25) is 0 Å². The molecule has 0 bridgehead atoms. The van der Waals surface area contributed by atoms with Gasteiger partial charge >= 0.3 is 24.3 Å². The Kier molecular flexibility index (Phi) is 14.2. The van der Waals surface area contributed by atoms with Gasteiger partial charge in [-0.05, 0) is 60.9 Å². The Morgan fingerprint density at radius 2 is 1.44 bits per heavy atom. The first-order valence-corrected chi connectivity index (χ1v) is 14.1. The van der Waals surface area contributed by atoms with Crippen LogP contribution in [0.3, 0.4) is 0 Å². The zero-order valence-electron chi connectivity index (χ0n) is 25.6. The Hall–Kier alpha value is -4.83. The van der Waals surface area contributed by atoms with Crippen molar-refractivity contribution in [1.82, 2.24) is 15.5 Å². The quantitative estimate of drug-likeness (QED) is 0.184. The zero-order chi connectivity index (χ0) is 36.2. The summed E-state index contributed by atoms with van der Waals surface area (Å²) in [5.41, 5.74) is 4.20. The molecule has 4 rings (SSSR count). The first-order chi connectivity index (χ1) is 22.3. The van der Waals surface area contributed by atoms with Gasteiger partial charge in [0, 0.05) is 55.5 Å². The van der Waals surface area contributed by atoms with Crippen molar-refractivity contribution in [3.8, 4) is 11.1 Å². The maximum Gasteiger partial charge on any atom is 0.490 e. The van der Waals surface area contributed by atoms with Crippen LogP contribution in [0.25, 0.3) is 11.1 Å². The molecule has 0 saturated carbocycles. The Morgan fingerprint density at radius 1 is 0.854 bits per heavy atom. The number of aliphatic carboxylic acids is 2. The number of benzene rings is 3. The van der Waals surface area contributed by atoms with Gasteiger partial charge in [0.15, 0.2) is 5.78 Å². The molecule has 48 heavy (non-hydrogen) atoms. The van der Waals surface area contributed by atoms with Crippen LogP contribution in [0.5, 0.6) is 0 Å². The number of carboxylic acids is 2. The first kappa shape index (κ1) is 39.3. The van der Waals surface area contributed by atoms with Crippen LogP contribution in [0.1, 0.15) is 45.7 Å². The molecule has 1 fully saturated rings. The number of hydrogen-bond acceptors (Lipinski definition) is 6. The lowest BCUT2D eigenvalue weighted by molar-refractivity contribution is -0.193. The lowest BCUT2D eigenvalue weighted by Crippen LogP contribution is -2.48. The SMILES string of the molecule is CC(=O)c1cccc(C(=O)NCc2ccc(F)c(-c3cccc(CN4CCN[C@@H](C)C4)c3)c2)c1.O=C(O)C(F)(F)F.O=C(O)C(F)(F)F. The predicted octanol–water partition coefficient (Wildman–Crippen LogP) is 5.69. The van der Waals surface area contributed by atoms with Crippen molar-refractivity contribution in [2.24, 2.45) is 0 Å². The molecule has 1 aliphatic heterocycles. The lowest BCUT2D eigenvalue weighted by atomic mass is 10.00. The number of amides is 1.